The largest absolute Gasteiger partial charge is 0.351 e. The molecule has 180 valence electrons. The summed E-state index contributed by atoms with van der Waals surface area (Å²) in [6.07, 6.45) is 1.83. The molecule has 0 spiro atoms. The van der Waals surface area contributed by atoms with Crippen LogP contribution in [0.4, 0.5) is 8.78 Å². The van der Waals surface area contributed by atoms with Gasteiger partial charge in [0.25, 0.3) is 5.91 Å². The van der Waals surface area contributed by atoms with E-state index < -0.39 is 11.6 Å². The number of hydrogen-bond donors (Lipinski definition) is 2. The molecule has 0 unspecified atom stereocenters. The molecule has 8 heteroatoms. The average Bonchev–Trinajstić information content (AvgIpc) is 3.20. The Labute approximate surface area is 202 Å². The average molecular weight is 476 g/mol. The second-order valence-electron chi connectivity index (χ2n) is 8.71. The van der Waals surface area contributed by atoms with E-state index in [0.717, 1.165) is 50.0 Å². The summed E-state index contributed by atoms with van der Waals surface area (Å²) in [5.74, 6) is -1.39. The van der Waals surface area contributed by atoms with Crippen molar-refractivity contribution in [3.05, 3.63) is 83.7 Å². The monoisotopic (exact) mass is 475 g/mol. The van der Waals surface area contributed by atoms with Crippen LogP contribution in [-0.4, -0.2) is 59.5 Å². The number of rotatable bonds is 6. The van der Waals surface area contributed by atoms with E-state index in [1.807, 2.05) is 35.7 Å². The summed E-state index contributed by atoms with van der Waals surface area (Å²) in [6.45, 7) is 7.26. The molecule has 0 atom stereocenters. The van der Waals surface area contributed by atoms with E-state index in [1.54, 1.807) is 18.2 Å². The standard InChI is InChI=1S/C27H27F2N5O/c1-18-26(23-5-3-2-4-21(23)22-7-6-20(28)17-24(22)29)32-25-16-19(8-12-34(18)25)27(35)31-11-15-33-13-9-30-10-14-33/h2-8,12,16-17,30H,9-11,13-15H2,1H3,(H,31,35). The van der Waals surface area contributed by atoms with Crippen molar-refractivity contribution < 1.29 is 13.6 Å². The summed E-state index contributed by atoms with van der Waals surface area (Å²) in [5.41, 5.74) is 4.38. The SMILES string of the molecule is Cc1c(-c2ccccc2-c2ccc(F)cc2F)nc2cc(C(=O)NCCN3CCNCC3)ccn12. The van der Waals surface area contributed by atoms with Crippen molar-refractivity contribution in [1.82, 2.24) is 24.9 Å². The summed E-state index contributed by atoms with van der Waals surface area (Å²) < 4.78 is 30.0. The summed E-state index contributed by atoms with van der Waals surface area (Å²) >= 11 is 0. The Kier molecular flexibility index (Phi) is 6.57. The van der Waals surface area contributed by atoms with Crippen LogP contribution < -0.4 is 10.6 Å². The van der Waals surface area contributed by atoms with E-state index in [-0.39, 0.29) is 5.91 Å². The molecule has 1 saturated heterocycles. The summed E-state index contributed by atoms with van der Waals surface area (Å²) in [7, 11) is 0. The van der Waals surface area contributed by atoms with E-state index in [0.29, 0.717) is 34.6 Å². The minimum atomic E-state index is -0.626. The number of aromatic nitrogens is 2. The van der Waals surface area contributed by atoms with Gasteiger partial charge >= 0.3 is 0 Å². The van der Waals surface area contributed by atoms with Gasteiger partial charge in [0.15, 0.2) is 0 Å². The lowest BCUT2D eigenvalue weighted by Crippen LogP contribution is -2.46. The number of aryl methyl sites for hydroxylation is 1. The molecule has 1 fully saturated rings. The highest BCUT2D eigenvalue weighted by atomic mass is 19.1. The number of carbonyl (C=O) groups is 1. The lowest BCUT2D eigenvalue weighted by molar-refractivity contribution is 0.0947. The van der Waals surface area contributed by atoms with Gasteiger partial charge in [-0.2, -0.15) is 0 Å². The van der Waals surface area contributed by atoms with Crippen LogP contribution in [0, 0.1) is 18.6 Å². The Morgan fingerprint density at radius 3 is 2.57 bits per heavy atom. The predicted octanol–water partition coefficient (Wildman–Crippen LogP) is 3.89. The molecule has 1 amide bonds. The van der Waals surface area contributed by atoms with Crippen molar-refractivity contribution in [1.29, 1.82) is 0 Å². The van der Waals surface area contributed by atoms with Crippen LogP contribution in [0.5, 0.6) is 0 Å². The molecule has 0 radical (unpaired) electrons. The molecule has 5 rings (SSSR count). The van der Waals surface area contributed by atoms with Gasteiger partial charge in [-0.25, -0.2) is 13.8 Å². The zero-order valence-electron chi connectivity index (χ0n) is 19.5. The Morgan fingerprint density at radius 2 is 1.80 bits per heavy atom. The number of carbonyl (C=O) groups excluding carboxylic acids is 1. The quantitative estimate of drug-likeness (QED) is 0.444. The van der Waals surface area contributed by atoms with Crippen molar-refractivity contribution in [2.45, 2.75) is 6.92 Å². The van der Waals surface area contributed by atoms with Crippen molar-refractivity contribution in [3.63, 3.8) is 0 Å². The molecule has 1 aliphatic rings. The number of piperazine rings is 1. The second-order valence-corrected chi connectivity index (χ2v) is 8.71. The van der Waals surface area contributed by atoms with Crippen LogP contribution in [0.1, 0.15) is 16.1 Å². The number of nitrogens with one attached hydrogen (secondary N) is 2. The number of amides is 1. The third-order valence-corrected chi connectivity index (χ3v) is 6.45. The van der Waals surface area contributed by atoms with E-state index >= 15 is 0 Å². The number of nitrogens with zero attached hydrogens (tertiary/aromatic N) is 3. The van der Waals surface area contributed by atoms with Gasteiger partial charge in [-0.1, -0.05) is 24.3 Å². The fourth-order valence-corrected chi connectivity index (χ4v) is 4.56. The molecule has 4 aromatic rings. The molecule has 6 nitrogen and oxygen atoms in total. The Morgan fingerprint density at radius 1 is 1.03 bits per heavy atom. The van der Waals surface area contributed by atoms with Gasteiger partial charge in [-0.15, -0.1) is 0 Å². The predicted molar refractivity (Wildman–Crippen MR) is 132 cm³/mol. The van der Waals surface area contributed by atoms with Crippen LogP contribution in [0.2, 0.25) is 0 Å². The molecule has 2 aromatic carbocycles. The number of imidazole rings is 1. The number of pyridine rings is 1. The fourth-order valence-electron chi connectivity index (χ4n) is 4.56. The first kappa shape index (κ1) is 23.1. The van der Waals surface area contributed by atoms with Crippen molar-refractivity contribution >= 4 is 11.6 Å². The number of halogens is 2. The fraction of sp³-hybridized carbons (Fsp3) is 0.259. The Hall–Kier alpha value is -3.62. The Balaban J connectivity index is 1.41. The van der Waals surface area contributed by atoms with E-state index in [1.165, 1.54) is 12.1 Å². The van der Waals surface area contributed by atoms with Crippen LogP contribution >= 0.6 is 0 Å². The molecule has 0 aliphatic carbocycles. The lowest BCUT2D eigenvalue weighted by Gasteiger charge is -2.27. The minimum Gasteiger partial charge on any atom is -0.351 e. The second kappa shape index (κ2) is 9.93. The van der Waals surface area contributed by atoms with Crippen LogP contribution in [0.3, 0.4) is 0 Å². The highest BCUT2D eigenvalue weighted by Gasteiger charge is 2.18. The first-order valence-corrected chi connectivity index (χ1v) is 11.8. The third-order valence-electron chi connectivity index (χ3n) is 6.45. The zero-order chi connectivity index (χ0) is 24.4. The molecular weight excluding hydrogens is 448 g/mol. The lowest BCUT2D eigenvalue weighted by atomic mass is 9.96. The van der Waals surface area contributed by atoms with E-state index in [2.05, 4.69) is 15.5 Å². The third kappa shape index (κ3) is 4.80. The Bertz CT molecular complexity index is 1380. The smallest absolute Gasteiger partial charge is 0.251 e. The minimum absolute atomic E-state index is 0.140. The molecule has 2 aromatic heterocycles. The van der Waals surface area contributed by atoms with Crippen molar-refractivity contribution in [2.75, 3.05) is 39.3 Å². The normalized spacial score (nSPS) is 14.4. The molecule has 1 aliphatic heterocycles. The zero-order valence-corrected chi connectivity index (χ0v) is 19.5. The maximum Gasteiger partial charge on any atom is 0.251 e. The number of fused-ring (bicyclic) bond motifs is 1. The van der Waals surface area contributed by atoms with Gasteiger partial charge in [-0.05, 0) is 36.8 Å². The topological polar surface area (TPSA) is 61.7 Å². The van der Waals surface area contributed by atoms with E-state index in [9.17, 15) is 13.6 Å². The molecular formula is C27H27F2N5O. The highest BCUT2D eigenvalue weighted by molar-refractivity contribution is 5.95. The van der Waals surface area contributed by atoms with Crippen molar-refractivity contribution in [3.8, 4) is 22.4 Å². The molecule has 2 N–H and O–H groups in total. The van der Waals surface area contributed by atoms with Gasteiger partial charge in [-0.3, -0.25) is 9.69 Å². The van der Waals surface area contributed by atoms with Gasteiger partial charge < -0.3 is 15.0 Å². The van der Waals surface area contributed by atoms with Crippen molar-refractivity contribution in [2.24, 2.45) is 0 Å². The molecule has 0 saturated carbocycles. The van der Waals surface area contributed by atoms with Gasteiger partial charge in [0.2, 0.25) is 0 Å². The van der Waals surface area contributed by atoms with Crippen LogP contribution in [0.25, 0.3) is 28.0 Å². The molecule has 0 bridgehead atoms. The van der Waals surface area contributed by atoms with Gasteiger partial charge in [0, 0.05) is 73.9 Å². The first-order chi connectivity index (χ1) is 17.0. The summed E-state index contributed by atoms with van der Waals surface area (Å²) in [4.78, 5) is 19.9. The van der Waals surface area contributed by atoms with Crippen LogP contribution in [0.15, 0.2) is 60.8 Å². The number of hydrogen-bond acceptors (Lipinski definition) is 4. The van der Waals surface area contributed by atoms with Gasteiger partial charge in [0.1, 0.15) is 17.3 Å². The van der Waals surface area contributed by atoms with Crippen LogP contribution in [-0.2, 0) is 0 Å². The maximum absolute atomic E-state index is 14.6. The maximum atomic E-state index is 14.6. The molecule has 35 heavy (non-hydrogen) atoms. The summed E-state index contributed by atoms with van der Waals surface area (Å²) in [5, 5.41) is 6.32. The van der Waals surface area contributed by atoms with Gasteiger partial charge in [0.05, 0.1) is 5.69 Å². The summed E-state index contributed by atoms with van der Waals surface area (Å²) in [6, 6.07) is 14.5. The van der Waals surface area contributed by atoms with E-state index in [4.69, 9.17) is 4.98 Å². The molecule has 3 heterocycles. The number of benzene rings is 2. The first-order valence-electron chi connectivity index (χ1n) is 11.8. The highest BCUT2D eigenvalue weighted by Crippen LogP contribution is 2.35.